The van der Waals surface area contributed by atoms with Gasteiger partial charge >= 0.3 is 0 Å². The topological polar surface area (TPSA) is 75.8 Å². The number of fused-ring (bicyclic) bond motifs is 1. The number of hydrogen-bond acceptors (Lipinski definition) is 4. The molecule has 1 aliphatic rings. The van der Waals surface area contributed by atoms with Crippen LogP contribution in [0.3, 0.4) is 0 Å². The number of allylic oxidation sites excluding steroid dienone is 1. The molecule has 0 atom stereocenters. The number of nitrogens with zero attached hydrogens (tertiary/aromatic N) is 3. The number of rotatable bonds is 2. The quantitative estimate of drug-likeness (QED) is 0.852. The van der Waals surface area contributed by atoms with Crippen molar-refractivity contribution in [1.82, 2.24) is 9.19 Å². The Kier molecular flexibility index (Phi) is 2.96. The lowest BCUT2D eigenvalue weighted by Crippen LogP contribution is -2.16. The molecule has 106 valence electrons. The third-order valence-corrected chi connectivity index (χ3v) is 5.08. The van der Waals surface area contributed by atoms with Crippen LogP contribution in [-0.4, -0.2) is 17.6 Å². The minimum Gasteiger partial charge on any atom is -0.199 e. The monoisotopic (exact) mass is 299 g/mol. The summed E-state index contributed by atoms with van der Waals surface area (Å²) < 4.78 is 26.4. The lowest BCUT2D eigenvalue weighted by Gasteiger charge is -2.06. The molecule has 1 aromatic carbocycles. The minimum absolute atomic E-state index is 0.167. The van der Waals surface area contributed by atoms with E-state index in [1.165, 1.54) is 0 Å². The van der Waals surface area contributed by atoms with Gasteiger partial charge in [0.25, 0.3) is 10.0 Å². The van der Waals surface area contributed by atoms with Crippen LogP contribution in [0.15, 0.2) is 34.7 Å². The molecule has 0 spiro atoms. The van der Waals surface area contributed by atoms with Crippen molar-refractivity contribution >= 4 is 16.1 Å². The van der Waals surface area contributed by atoms with Crippen molar-refractivity contribution in [2.45, 2.75) is 25.2 Å². The van der Waals surface area contributed by atoms with Crippen molar-refractivity contribution in [2.75, 3.05) is 0 Å². The predicted octanol–water partition coefficient (Wildman–Crippen LogP) is 2.26. The van der Waals surface area contributed by atoms with Gasteiger partial charge in [-0.1, -0.05) is 23.3 Å². The van der Waals surface area contributed by atoms with E-state index in [0.717, 1.165) is 15.2 Å². The number of aryl methyl sites for hydroxylation is 1. The number of nitriles is 1. The van der Waals surface area contributed by atoms with Gasteiger partial charge in [-0.15, -0.1) is 5.10 Å². The lowest BCUT2D eigenvalue weighted by atomic mass is 10.1. The molecular formula is C15H13N3O2S. The second-order valence-corrected chi connectivity index (χ2v) is 6.92. The van der Waals surface area contributed by atoms with Crippen LogP contribution in [0.5, 0.6) is 0 Å². The normalized spacial score (nSPS) is 13.7. The Hall–Kier alpha value is -2.39. The Labute approximate surface area is 123 Å². The van der Waals surface area contributed by atoms with E-state index in [9.17, 15) is 8.42 Å². The SMILES string of the molecule is CC1=Cc2c(c(C#N)nn2S(=O)(=O)c2ccc(C)cc2)C1. The van der Waals surface area contributed by atoms with Crippen molar-refractivity contribution in [1.29, 1.82) is 5.26 Å². The average molecular weight is 299 g/mol. The maximum Gasteiger partial charge on any atom is 0.283 e. The first-order chi connectivity index (χ1) is 9.93. The molecule has 5 nitrogen and oxygen atoms in total. The highest BCUT2D eigenvalue weighted by atomic mass is 32.2. The van der Waals surface area contributed by atoms with Gasteiger partial charge in [-0.2, -0.15) is 17.8 Å². The van der Waals surface area contributed by atoms with Crippen LogP contribution < -0.4 is 0 Å². The fourth-order valence-electron chi connectivity index (χ4n) is 2.40. The summed E-state index contributed by atoms with van der Waals surface area (Å²) in [6.07, 6.45) is 2.34. The van der Waals surface area contributed by atoms with Gasteiger partial charge < -0.3 is 0 Å². The Bertz CT molecular complexity index is 898. The summed E-state index contributed by atoms with van der Waals surface area (Å²) in [5, 5.41) is 13.1. The average Bonchev–Trinajstić information content (AvgIpc) is 2.96. The fraction of sp³-hybridized carbons (Fsp3) is 0.200. The van der Waals surface area contributed by atoms with Gasteiger partial charge in [0.1, 0.15) is 6.07 Å². The third kappa shape index (κ3) is 2.06. The highest BCUT2D eigenvalue weighted by Crippen LogP contribution is 2.29. The van der Waals surface area contributed by atoms with E-state index in [0.29, 0.717) is 17.7 Å². The van der Waals surface area contributed by atoms with E-state index < -0.39 is 10.0 Å². The van der Waals surface area contributed by atoms with Crippen molar-refractivity contribution in [3.8, 4) is 6.07 Å². The molecule has 0 fully saturated rings. The first-order valence-corrected chi connectivity index (χ1v) is 7.89. The summed E-state index contributed by atoms with van der Waals surface area (Å²) in [4.78, 5) is 0.167. The van der Waals surface area contributed by atoms with Crippen molar-refractivity contribution in [3.63, 3.8) is 0 Å². The Morgan fingerprint density at radius 2 is 1.90 bits per heavy atom. The highest BCUT2D eigenvalue weighted by molar-refractivity contribution is 7.89. The molecule has 1 aliphatic carbocycles. The summed E-state index contributed by atoms with van der Waals surface area (Å²) in [5.74, 6) is 0. The maximum absolute atomic E-state index is 12.7. The molecular weight excluding hydrogens is 286 g/mol. The fourth-order valence-corrected chi connectivity index (χ4v) is 3.70. The van der Waals surface area contributed by atoms with Gasteiger partial charge in [0.2, 0.25) is 0 Å². The zero-order chi connectivity index (χ0) is 15.2. The van der Waals surface area contributed by atoms with Gasteiger partial charge in [-0.05, 0) is 38.5 Å². The van der Waals surface area contributed by atoms with Crippen molar-refractivity contribution < 1.29 is 8.42 Å². The molecule has 0 aliphatic heterocycles. The molecule has 0 saturated heterocycles. The minimum atomic E-state index is -3.78. The molecule has 2 aromatic rings. The van der Waals surface area contributed by atoms with E-state index >= 15 is 0 Å². The van der Waals surface area contributed by atoms with Gasteiger partial charge in [-0.3, -0.25) is 0 Å². The van der Waals surface area contributed by atoms with E-state index in [4.69, 9.17) is 5.26 Å². The van der Waals surface area contributed by atoms with Crippen LogP contribution in [-0.2, 0) is 16.4 Å². The van der Waals surface area contributed by atoms with E-state index in [-0.39, 0.29) is 10.6 Å². The number of aromatic nitrogens is 2. The Balaban J connectivity index is 2.22. The summed E-state index contributed by atoms with van der Waals surface area (Å²) in [6, 6.07) is 8.55. The molecule has 6 heteroatoms. The summed E-state index contributed by atoms with van der Waals surface area (Å²) in [6.45, 7) is 3.80. The Morgan fingerprint density at radius 1 is 1.24 bits per heavy atom. The smallest absolute Gasteiger partial charge is 0.199 e. The molecule has 0 N–H and O–H groups in total. The Morgan fingerprint density at radius 3 is 2.52 bits per heavy atom. The molecule has 0 unspecified atom stereocenters. The zero-order valence-corrected chi connectivity index (χ0v) is 12.5. The molecule has 0 bridgehead atoms. The molecule has 0 saturated carbocycles. The second kappa shape index (κ2) is 4.57. The van der Waals surface area contributed by atoms with E-state index in [2.05, 4.69) is 5.10 Å². The standard InChI is InChI=1S/C15H13N3O2S/c1-10-3-5-12(6-4-10)21(19,20)18-15-8-11(2)7-13(15)14(9-16)17-18/h3-6,8H,7H2,1-2H3. The second-order valence-electron chi connectivity index (χ2n) is 5.15. The van der Waals surface area contributed by atoms with Crippen LogP contribution in [0.1, 0.15) is 29.4 Å². The van der Waals surface area contributed by atoms with E-state index in [1.807, 2.05) is 19.9 Å². The summed E-state index contributed by atoms with van der Waals surface area (Å²) >= 11 is 0. The zero-order valence-electron chi connectivity index (χ0n) is 11.7. The predicted molar refractivity (Wildman–Crippen MR) is 78.1 cm³/mol. The van der Waals surface area contributed by atoms with Crippen molar-refractivity contribution in [3.05, 3.63) is 52.4 Å². The third-order valence-electron chi connectivity index (χ3n) is 3.48. The summed E-state index contributed by atoms with van der Waals surface area (Å²) in [5.41, 5.74) is 3.35. The van der Waals surface area contributed by atoms with Gasteiger partial charge in [0, 0.05) is 5.56 Å². The highest BCUT2D eigenvalue weighted by Gasteiger charge is 2.28. The number of benzene rings is 1. The largest absolute Gasteiger partial charge is 0.283 e. The van der Waals surface area contributed by atoms with Crippen LogP contribution in [0.2, 0.25) is 0 Å². The van der Waals surface area contributed by atoms with Crippen LogP contribution in [0.4, 0.5) is 0 Å². The molecule has 3 rings (SSSR count). The first kappa shape index (κ1) is 13.6. The lowest BCUT2D eigenvalue weighted by molar-refractivity contribution is 0.579. The molecule has 1 heterocycles. The molecule has 0 radical (unpaired) electrons. The molecule has 0 amide bonds. The van der Waals surface area contributed by atoms with Crippen LogP contribution in [0.25, 0.3) is 6.08 Å². The van der Waals surface area contributed by atoms with Crippen molar-refractivity contribution in [2.24, 2.45) is 0 Å². The van der Waals surface area contributed by atoms with Crippen LogP contribution in [0, 0.1) is 18.3 Å². The maximum atomic E-state index is 12.7. The summed E-state index contributed by atoms with van der Waals surface area (Å²) in [7, 11) is -3.78. The molecule has 1 aromatic heterocycles. The van der Waals surface area contributed by atoms with Gasteiger partial charge in [-0.25, -0.2) is 0 Å². The van der Waals surface area contributed by atoms with Crippen LogP contribution >= 0.6 is 0 Å². The first-order valence-electron chi connectivity index (χ1n) is 6.45. The van der Waals surface area contributed by atoms with Gasteiger partial charge in [0.15, 0.2) is 5.69 Å². The number of hydrogen-bond donors (Lipinski definition) is 0. The molecule has 21 heavy (non-hydrogen) atoms. The van der Waals surface area contributed by atoms with E-state index in [1.54, 1.807) is 30.3 Å². The van der Waals surface area contributed by atoms with Gasteiger partial charge in [0.05, 0.1) is 10.6 Å².